The molecule has 0 saturated heterocycles. The molecule has 8 rings (SSSR count). The monoisotopic (exact) mass is 556 g/mol. The van der Waals surface area contributed by atoms with Gasteiger partial charge in [0.15, 0.2) is 12.4 Å². The first-order valence-electron chi connectivity index (χ1n) is 14.5. The highest BCUT2D eigenvalue weighted by molar-refractivity contribution is 6.16. The van der Waals surface area contributed by atoms with Gasteiger partial charge in [0.1, 0.15) is 17.4 Å². The van der Waals surface area contributed by atoms with Gasteiger partial charge in [-0.25, -0.2) is 9.98 Å². The molecule has 2 unspecified atom stereocenters. The van der Waals surface area contributed by atoms with E-state index in [9.17, 15) is 0 Å². The Morgan fingerprint density at radius 3 is 1.88 bits per heavy atom. The zero-order chi connectivity index (χ0) is 28.6. The number of aliphatic imine (C=N–C) groups is 2. The number of hydrogen-bond acceptors (Lipinski definition) is 5. The smallest absolute Gasteiger partial charge is 0.196 e. The van der Waals surface area contributed by atoms with Crippen LogP contribution in [-0.4, -0.2) is 11.7 Å². The van der Waals surface area contributed by atoms with E-state index in [4.69, 9.17) is 14.7 Å². The average molecular weight is 557 g/mol. The van der Waals surface area contributed by atoms with Crippen molar-refractivity contribution in [2.75, 3.05) is 5.32 Å². The molecule has 0 radical (unpaired) electrons. The van der Waals surface area contributed by atoms with E-state index in [0.29, 0.717) is 0 Å². The molecule has 0 amide bonds. The molecule has 2 heterocycles. The minimum Gasteiger partial charge on any atom is -0.464 e. The van der Waals surface area contributed by atoms with Crippen LogP contribution in [0.1, 0.15) is 34.6 Å². The Hall–Kier alpha value is -5.68. The summed E-state index contributed by atoms with van der Waals surface area (Å²) in [6.07, 6.45) is -0.537. The van der Waals surface area contributed by atoms with Crippen LogP contribution in [-0.2, 0) is 0 Å². The maximum Gasteiger partial charge on any atom is 0.196 e. The van der Waals surface area contributed by atoms with E-state index in [1.807, 2.05) is 54.6 Å². The highest BCUT2D eigenvalue weighted by Crippen LogP contribution is 2.43. The lowest BCUT2D eigenvalue weighted by Gasteiger charge is -2.22. The summed E-state index contributed by atoms with van der Waals surface area (Å²) in [5.74, 6) is 2.48. The first-order valence-corrected chi connectivity index (χ1v) is 14.5. The van der Waals surface area contributed by atoms with Gasteiger partial charge in [0.25, 0.3) is 0 Å². The molecule has 2 N–H and O–H groups in total. The molecule has 2 atom stereocenters. The number of ether oxygens (including phenoxy) is 1. The van der Waals surface area contributed by atoms with Crippen molar-refractivity contribution in [3.8, 4) is 16.9 Å². The Morgan fingerprint density at radius 1 is 0.512 bits per heavy atom. The van der Waals surface area contributed by atoms with Gasteiger partial charge in [0, 0.05) is 22.1 Å². The van der Waals surface area contributed by atoms with Crippen molar-refractivity contribution in [1.82, 2.24) is 5.32 Å². The van der Waals surface area contributed by atoms with Crippen LogP contribution in [0.15, 0.2) is 156 Å². The summed E-state index contributed by atoms with van der Waals surface area (Å²) in [6, 6.07) is 50.0. The number of nitrogens with zero attached hydrogens (tertiary/aromatic N) is 2. The van der Waals surface area contributed by atoms with Gasteiger partial charge in [0.2, 0.25) is 0 Å². The fraction of sp³-hybridized carbons (Fsp3) is 0.0526. The molecular weight excluding hydrogens is 528 g/mol. The normalized spacial score (nSPS) is 17.2. The summed E-state index contributed by atoms with van der Waals surface area (Å²) >= 11 is 0. The maximum absolute atomic E-state index is 6.29. The van der Waals surface area contributed by atoms with E-state index in [-0.39, 0.29) is 12.4 Å². The minimum absolute atomic E-state index is 0.206. The summed E-state index contributed by atoms with van der Waals surface area (Å²) in [7, 11) is 0. The van der Waals surface area contributed by atoms with Crippen molar-refractivity contribution < 1.29 is 4.74 Å². The third kappa shape index (κ3) is 4.81. The van der Waals surface area contributed by atoms with Crippen molar-refractivity contribution in [3.05, 3.63) is 168 Å². The quantitative estimate of drug-likeness (QED) is 0.224. The number of anilines is 1. The third-order valence-corrected chi connectivity index (χ3v) is 7.96. The predicted molar refractivity (Wildman–Crippen MR) is 175 cm³/mol. The molecule has 2 aliphatic rings. The second kappa shape index (κ2) is 10.6. The van der Waals surface area contributed by atoms with E-state index in [1.165, 1.54) is 0 Å². The van der Waals surface area contributed by atoms with Gasteiger partial charge in [-0.1, -0.05) is 127 Å². The Balaban J connectivity index is 1.15. The Morgan fingerprint density at radius 2 is 1.12 bits per heavy atom. The van der Waals surface area contributed by atoms with E-state index in [0.717, 1.165) is 67.3 Å². The van der Waals surface area contributed by atoms with Gasteiger partial charge in [-0.3, -0.25) is 0 Å². The first-order chi connectivity index (χ1) is 21.3. The molecule has 0 aliphatic carbocycles. The third-order valence-electron chi connectivity index (χ3n) is 7.96. The van der Waals surface area contributed by atoms with E-state index >= 15 is 0 Å². The largest absolute Gasteiger partial charge is 0.464 e. The lowest BCUT2D eigenvalue weighted by atomic mass is 9.98. The fourth-order valence-electron chi connectivity index (χ4n) is 5.75. The van der Waals surface area contributed by atoms with Crippen molar-refractivity contribution in [3.63, 3.8) is 0 Å². The molecule has 206 valence electrons. The average Bonchev–Trinajstić information content (AvgIpc) is 3.54. The van der Waals surface area contributed by atoms with Crippen molar-refractivity contribution in [1.29, 1.82) is 0 Å². The van der Waals surface area contributed by atoms with Crippen LogP contribution < -0.4 is 15.4 Å². The van der Waals surface area contributed by atoms with Crippen LogP contribution in [0.25, 0.3) is 21.9 Å². The first kappa shape index (κ1) is 25.1. The van der Waals surface area contributed by atoms with Crippen molar-refractivity contribution in [2.24, 2.45) is 9.98 Å². The molecule has 6 aromatic rings. The molecule has 0 saturated carbocycles. The number of nitrogens with one attached hydrogen (secondary N) is 2. The number of rotatable bonds is 5. The zero-order valence-corrected chi connectivity index (χ0v) is 23.3. The molecule has 5 nitrogen and oxygen atoms in total. The van der Waals surface area contributed by atoms with Crippen molar-refractivity contribution in [2.45, 2.75) is 12.4 Å². The predicted octanol–water partition coefficient (Wildman–Crippen LogP) is 8.51. The molecule has 2 aliphatic heterocycles. The molecule has 5 heteroatoms. The molecule has 0 bridgehead atoms. The van der Waals surface area contributed by atoms with Gasteiger partial charge < -0.3 is 15.4 Å². The Bertz CT molecular complexity index is 2000. The topological polar surface area (TPSA) is 58.0 Å². The van der Waals surface area contributed by atoms with Crippen LogP contribution in [0.4, 0.5) is 5.69 Å². The van der Waals surface area contributed by atoms with Gasteiger partial charge in [-0.05, 0) is 40.3 Å². The van der Waals surface area contributed by atoms with Gasteiger partial charge in [-0.2, -0.15) is 0 Å². The molecule has 0 aromatic heterocycles. The van der Waals surface area contributed by atoms with Crippen LogP contribution >= 0.6 is 0 Å². The number of fused-ring (bicyclic) bond motifs is 3. The molecular formula is C38H28N4O. The van der Waals surface area contributed by atoms with E-state index < -0.39 is 0 Å². The lowest BCUT2D eigenvalue weighted by molar-refractivity contribution is 0.260. The summed E-state index contributed by atoms with van der Waals surface area (Å²) in [4.78, 5) is 10.0. The minimum atomic E-state index is -0.330. The van der Waals surface area contributed by atoms with Crippen LogP contribution in [0.2, 0.25) is 0 Å². The fourth-order valence-corrected chi connectivity index (χ4v) is 5.75. The second-order valence-electron chi connectivity index (χ2n) is 10.7. The molecule has 6 aromatic carbocycles. The molecule has 0 spiro atoms. The van der Waals surface area contributed by atoms with Gasteiger partial charge in [0.05, 0.1) is 5.69 Å². The van der Waals surface area contributed by atoms with Crippen LogP contribution in [0, 0.1) is 0 Å². The number of benzene rings is 6. The summed E-state index contributed by atoms with van der Waals surface area (Å²) < 4.78 is 6.29. The lowest BCUT2D eigenvalue weighted by Crippen LogP contribution is -2.36. The van der Waals surface area contributed by atoms with E-state index in [2.05, 4.69) is 102 Å². The van der Waals surface area contributed by atoms with Gasteiger partial charge >= 0.3 is 0 Å². The standard InChI is InChI=1S/C38H28N4O/c1-4-11-26(12-5-1)35-40-36(27-13-6-2-7-14-27)42-37(41-35)31-18-10-17-29(23-31)30-20-19-25-21-22-33-34(32(25)24-30)39-38(43-33)28-15-8-3-9-16-28/h1-24,35,38-39H,(H,40,41,42). The van der Waals surface area contributed by atoms with Crippen molar-refractivity contribution >= 4 is 28.1 Å². The SMILES string of the molecule is c1ccc(C2=NC(c3ccccc3)N=C(c3cccc(-c4ccc5ccc6c(c5c4)NC(c4ccccc4)O6)c3)N2)cc1. The second-order valence-corrected chi connectivity index (χ2v) is 10.7. The number of hydrogen-bond donors (Lipinski definition) is 2. The van der Waals surface area contributed by atoms with Crippen LogP contribution in [0.3, 0.4) is 0 Å². The van der Waals surface area contributed by atoms with E-state index in [1.54, 1.807) is 0 Å². The summed E-state index contributed by atoms with van der Waals surface area (Å²) in [6.45, 7) is 0. The Labute approximate surface area is 250 Å². The number of amidine groups is 2. The van der Waals surface area contributed by atoms with Crippen LogP contribution in [0.5, 0.6) is 5.75 Å². The highest BCUT2D eigenvalue weighted by Gasteiger charge is 2.25. The molecule has 0 fully saturated rings. The maximum atomic E-state index is 6.29. The van der Waals surface area contributed by atoms with Gasteiger partial charge in [-0.15, -0.1) is 0 Å². The highest BCUT2D eigenvalue weighted by atomic mass is 16.5. The summed E-state index contributed by atoms with van der Waals surface area (Å²) in [5.41, 5.74) is 7.45. The zero-order valence-electron chi connectivity index (χ0n) is 23.3. The Kier molecular flexibility index (Phi) is 6.19. The summed E-state index contributed by atoms with van der Waals surface area (Å²) in [5, 5.41) is 9.43. The molecule has 43 heavy (non-hydrogen) atoms.